The number of nitrogens with one attached hydrogen (secondary N) is 1. The van der Waals surface area contributed by atoms with Gasteiger partial charge in [0, 0.05) is 18.0 Å². The number of amides is 1. The molecule has 1 N–H and O–H groups in total. The Hall–Kier alpha value is -2.22. The third kappa shape index (κ3) is 4.22. The lowest BCUT2D eigenvalue weighted by Gasteiger charge is -2.16. The second kappa shape index (κ2) is 8.26. The van der Waals surface area contributed by atoms with Crippen LogP contribution in [0.5, 0.6) is 0 Å². The molecule has 3 aromatic rings. The van der Waals surface area contributed by atoms with Gasteiger partial charge in [0.15, 0.2) is 0 Å². The van der Waals surface area contributed by atoms with Crippen LogP contribution in [0.4, 0.5) is 0 Å². The zero-order valence-electron chi connectivity index (χ0n) is 16.3. The van der Waals surface area contributed by atoms with Crippen LogP contribution >= 0.6 is 11.3 Å². The van der Waals surface area contributed by atoms with Crippen LogP contribution in [0.2, 0.25) is 0 Å². The summed E-state index contributed by atoms with van der Waals surface area (Å²) in [5, 5.41) is 5.31. The Morgan fingerprint density at radius 3 is 2.59 bits per heavy atom. The van der Waals surface area contributed by atoms with E-state index >= 15 is 0 Å². The van der Waals surface area contributed by atoms with Crippen LogP contribution in [0.3, 0.4) is 0 Å². The van der Waals surface area contributed by atoms with Crippen LogP contribution in [0.1, 0.15) is 36.2 Å². The molecule has 2 heterocycles. The van der Waals surface area contributed by atoms with Crippen LogP contribution < -0.4 is 5.32 Å². The van der Waals surface area contributed by atoms with Crippen LogP contribution in [0, 0.1) is 0 Å². The Morgan fingerprint density at radius 1 is 1.07 bits per heavy atom. The maximum Gasteiger partial charge on any atom is 0.252 e. The molecule has 0 saturated carbocycles. The predicted octanol–water partition coefficient (Wildman–Crippen LogP) is 4.11. The summed E-state index contributed by atoms with van der Waals surface area (Å²) in [7, 11) is -3.42. The Labute approximate surface area is 175 Å². The number of rotatable bonds is 6. The standard InChI is InChI=1S/C22H24N2O3S2/c1-16(19-10-6-8-17-7-2-3-9-20(17)19)23-21(25)15-18-11-12-22(28-18)29(26,27)24-13-4-5-14-24/h2-3,6-12,16H,4-5,13-15H2,1H3,(H,23,25). The molecule has 2 aromatic carbocycles. The summed E-state index contributed by atoms with van der Waals surface area (Å²) in [4.78, 5) is 13.3. The summed E-state index contributed by atoms with van der Waals surface area (Å²) < 4.78 is 27.2. The minimum atomic E-state index is -3.42. The van der Waals surface area contributed by atoms with Gasteiger partial charge in [0.2, 0.25) is 5.91 Å². The van der Waals surface area contributed by atoms with Gasteiger partial charge in [-0.1, -0.05) is 42.5 Å². The van der Waals surface area contributed by atoms with Crippen molar-refractivity contribution >= 4 is 38.0 Å². The van der Waals surface area contributed by atoms with Crippen molar-refractivity contribution in [3.05, 3.63) is 65.0 Å². The minimum Gasteiger partial charge on any atom is -0.349 e. The molecule has 7 heteroatoms. The first-order chi connectivity index (χ1) is 13.9. The molecule has 29 heavy (non-hydrogen) atoms. The number of hydrogen-bond acceptors (Lipinski definition) is 4. The summed E-state index contributed by atoms with van der Waals surface area (Å²) in [5.41, 5.74) is 1.07. The molecule has 152 valence electrons. The van der Waals surface area contributed by atoms with Gasteiger partial charge in [0.1, 0.15) is 4.21 Å². The van der Waals surface area contributed by atoms with Crippen LogP contribution in [0.15, 0.2) is 58.8 Å². The third-order valence-corrected chi connectivity index (χ3v) is 8.75. The zero-order valence-corrected chi connectivity index (χ0v) is 17.9. The number of fused-ring (bicyclic) bond motifs is 1. The molecule has 0 spiro atoms. The fraction of sp³-hybridized carbons (Fsp3) is 0.318. The van der Waals surface area contributed by atoms with Gasteiger partial charge in [0.25, 0.3) is 10.0 Å². The first kappa shape index (κ1) is 20.1. The molecule has 1 fully saturated rings. The van der Waals surface area contributed by atoms with Gasteiger partial charge in [-0.3, -0.25) is 4.79 Å². The van der Waals surface area contributed by atoms with E-state index in [9.17, 15) is 13.2 Å². The van der Waals surface area contributed by atoms with Crippen LogP contribution in [-0.4, -0.2) is 31.7 Å². The number of benzene rings is 2. The molecule has 1 saturated heterocycles. The van der Waals surface area contributed by atoms with Gasteiger partial charge in [0.05, 0.1) is 12.5 Å². The van der Waals surface area contributed by atoms with E-state index < -0.39 is 10.0 Å². The fourth-order valence-corrected chi connectivity index (χ4v) is 6.83. The largest absolute Gasteiger partial charge is 0.349 e. The Kier molecular flexibility index (Phi) is 5.72. The highest BCUT2D eigenvalue weighted by molar-refractivity contribution is 7.91. The van der Waals surface area contributed by atoms with Gasteiger partial charge in [-0.15, -0.1) is 11.3 Å². The molecule has 1 unspecified atom stereocenters. The molecule has 1 aromatic heterocycles. The molecule has 4 rings (SSSR count). The highest BCUT2D eigenvalue weighted by Gasteiger charge is 2.28. The first-order valence-corrected chi connectivity index (χ1v) is 12.1. The van der Waals surface area contributed by atoms with Gasteiger partial charge >= 0.3 is 0 Å². The van der Waals surface area contributed by atoms with E-state index in [1.807, 2.05) is 31.2 Å². The summed E-state index contributed by atoms with van der Waals surface area (Å²) in [5.74, 6) is -0.114. The summed E-state index contributed by atoms with van der Waals surface area (Å²) >= 11 is 1.19. The van der Waals surface area contributed by atoms with Crippen LogP contribution in [-0.2, 0) is 21.2 Å². The summed E-state index contributed by atoms with van der Waals surface area (Å²) in [6, 6.07) is 17.4. The number of sulfonamides is 1. The molecule has 5 nitrogen and oxygen atoms in total. The minimum absolute atomic E-state index is 0.114. The molecular formula is C22H24N2O3S2. The van der Waals surface area contributed by atoms with Gasteiger partial charge in [-0.05, 0) is 48.2 Å². The number of carbonyl (C=O) groups is 1. The van der Waals surface area contributed by atoms with Crippen molar-refractivity contribution in [3.63, 3.8) is 0 Å². The quantitative estimate of drug-likeness (QED) is 0.643. The van der Waals surface area contributed by atoms with E-state index in [1.165, 1.54) is 15.6 Å². The smallest absolute Gasteiger partial charge is 0.252 e. The maximum absolute atomic E-state index is 12.7. The Balaban J connectivity index is 1.44. The van der Waals surface area contributed by atoms with Crippen molar-refractivity contribution in [1.29, 1.82) is 0 Å². The number of thiophene rings is 1. The molecule has 1 atom stereocenters. The lowest BCUT2D eigenvalue weighted by Crippen LogP contribution is -2.28. The monoisotopic (exact) mass is 428 g/mol. The van der Waals surface area contributed by atoms with Crippen molar-refractivity contribution in [3.8, 4) is 0 Å². The Bertz CT molecular complexity index is 1130. The Morgan fingerprint density at radius 2 is 1.79 bits per heavy atom. The number of carbonyl (C=O) groups excluding carboxylic acids is 1. The first-order valence-electron chi connectivity index (χ1n) is 9.81. The zero-order chi connectivity index (χ0) is 20.4. The molecule has 1 amide bonds. The van der Waals surface area contributed by atoms with E-state index in [1.54, 1.807) is 12.1 Å². The van der Waals surface area contributed by atoms with E-state index in [0.717, 1.165) is 34.1 Å². The topological polar surface area (TPSA) is 66.5 Å². The fourth-order valence-electron chi connectivity index (χ4n) is 3.80. The highest BCUT2D eigenvalue weighted by atomic mass is 32.2. The average Bonchev–Trinajstić information content (AvgIpc) is 3.40. The van der Waals surface area contributed by atoms with E-state index in [4.69, 9.17) is 0 Å². The average molecular weight is 429 g/mol. The molecular weight excluding hydrogens is 404 g/mol. The van der Waals surface area contributed by atoms with E-state index in [2.05, 4.69) is 23.5 Å². The van der Waals surface area contributed by atoms with Crippen molar-refractivity contribution in [2.24, 2.45) is 0 Å². The van der Waals surface area contributed by atoms with E-state index in [-0.39, 0.29) is 18.4 Å². The van der Waals surface area contributed by atoms with Gasteiger partial charge < -0.3 is 5.32 Å². The second-order valence-corrected chi connectivity index (χ2v) is 10.7. The summed E-state index contributed by atoms with van der Waals surface area (Å²) in [6.07, 6.45) is 1.99. The summed E-state index contributed by atoms with van der Waals surface area (Å²) in [6.45, 7) is 3.13. The number of hydrogen-bond donors (Lipinski definition) is 1. The van der Waals surface area contributed by atoms with Crippen molar-refractivity contribution in [1.82, 2.24) is 9.62 Å². The second-order valence-electron chi connectivity index (χ2n) is 7.37. The molecule has 0 radical (unpaired) electrons. The van der Waals surface area contributed by atoms with Crippen molar-refractivity contribution < 1.29 is 13.2 Å². The molecule has 1 aliphatic rings. The van der Waals surface area contributed by atoms with Gasteiger partial charge in [-0.25, -0.2) is 8.42 Å². The predicted molar refractivity (Wildman–Crippen MR) is 117 cm³/mol. The van der Waals surface area contributed by atoms with Crippen molar-refractivity contribution in [2.75, 3.05) is 13.1 Å². The van der Waals surface area contributed by atoms with E-state index in [0.29, 0.717) is 17.3 Å². The highest BCUT2D eigenvalue weighted by Crippen LogP contribution is 2.28. The normalized spacial score (nSPS) is 16.2. The van der Waals surface area contributed by atoms with Crippen LogP contribution in [0.25, 0.3) is 10.8 Å². The van der Waals surface area contributed by atoms with Crippen molar-refractivity contribution in [2.45, 2.75) is 36.4 Å². The molecule has 0 bridgehead atoms. The number of nitrogens with zero attached hydrogens (tertiary/aromatic N) is 1. The molecule has 0 aliphatic carbocycles. The lowest BCUT2D eigenvalue weighted by molar-refractivity contribution is -0.121. The maximum atomic E-state index is 12.7. The third-order valence-electron chi connectivity index (χ3n) is 5.30. The van der Waals surface area contributed by atoms with Gasteiger partial charge in [-0.2, -0.15) is 4.31 Å². The lowest BCUT2D eigenvalue weighted by atomic mass is 9.99. The molecule has 1 aliphatic heterocycles. The SMILES string of the molecule is CC(NC(=O)Cc1ccc(S(=O)(=O)N2CCCC2)s1)c1cccc2ccccc12.